The van der Waals surface area contributed by atoms with Crippen LogP contribution in [0.15, 0.2) is 0 Å². The summed E-state index contributed by atoms with van der Waals surface area (Å²) >= 11 is 3.49. The average Bonchev–Trinajstić information content (AvgIpc) is 2.43. The molecule has 1 amide bonds. The van der Waals surface area contributed by atoms with Gasteiger partial charge in [-0.2, -0.15) is 0 Å². The van der Waals surface area contributed by atoms with Gasteiger partial charge in [0.15, 0.2) is 0 Å². The number of hydrogen-bond donors (Lipinski definition) is 0. The van der Waals surface area contributed by atoms with Crippen LogP contribution in [-0.4, -0.2) is 35.5 Å². The van der Waals surface area contributed by atoms with Gasteiger partial charge in [-0.1, -0.05) is 48.0 Å². The monoisotopic (exact) mass is 375 g/mol. The molecule has 0 unspecified atom stereocenters. The van der Waals surface area contributed by atoms with Crippen LogP contribution in [0, 0.1) is 11.8 Å². The van der Waals surface area contributed by atoms with Gasteiger partial charge >= 0.3 is 6.09 Å². The summed E-state index contributed by atoms with van der Waals surface area (Å²) in [6.45, 7) is 6.59. The number of rotatable bonds is 7. The Morgan fingerprint density at radius 1 is 1.09 bits per heavy atom. The molecule has 0 N–H and O–H groups in total. The summed E-state index contributed by atoms with van der Waals surface area (Å²) in [4.78, 5) is 13.8. The minimum absolute atomic E-state index is 0.190. The highest BCUT2D eigenvalue weighted by molar-refractivity contribution is 9.09. The molecule has 0 aliphatic heterocycles. The van der Waals surface area contributed by atoms with Crippen LogP contribution in [0.1, 0.15) is 72.1 Å². The minimum Gasteiger partial charge on any atom is -0.444 e. The van der Waals surface area contributed by atoms with Gasteiger partial charge in [-0.3, -0.25) is 0 Å². The second-order valence-corrected chi connectivity index (χ2v) is 8.58. The van der Waals surface area contributed by atoms with E-state index >= 15 is 0 Å². The lowest BCUT2D eigenvalue weighted by Gasteiger charge is -2.32. The minimum atomic E-state index is -0.405. The number of carbonyl (C=O) groups is 1. The Morgan fingerprint density at radius 3 is 2.23 bits per heavy atom. The maximum atomic E-state index is 12.0. The van der Waals surface area contributed by atoms with Crippen molar-refractivity contribution in [3.63, 3.8) is 0 Å². The molecule has 130 valence electrons. The highest BCUT2D eigenvalue weighted by atomic mass is 79.9. The molecule has 22 heavy (non-hydrogen) atoms. The molecule has 0 spiro atoms. The van der Waals surface area contributed by atoms with Gasteiger partial charge in [0.05, 0.1) is 0 Å². The molecule has 0 radical (unpaired) electrons. The van der Waals surface area contributed by atoms with Gasteiger partial charge in [0.1, 0.15) is 5.60 Å². The van der Waals surface area contributed by atoms with Crippen LogP contribution in [0.5, 0.6) is 0 Å². The number of carbonyl (C=O) groups excluding carboxylic acids is 1. The predicted molar refractivity (Wildman–Crippen MR) is 96.6 cm³/mol. The number of alkyl halides is 1. The molecule has 0 saturated heterocycles. The summed E-state index contributed by atoms with van der Waals surface area (Å²) in [5, 5.41) is 1.14. The number of halogens is 1. The van der Waals surface area contributed by atoms with E-state index in [1.165, 1.54) is 51.4 Å². The molecule has 1 fully saturated rings. The first-order valence-electron chi connectivity index (χ1n) is 8.82. The second-order valence-electron chi connectivity index (χ2n) is 7.79. The summed E-state index contributed by atoms with van der Waals surface area (Å²) in [5.41, 5.74) is -0.405. The second kappa shape index (κ2) is 9.79. The lowest BCUT2D eigenvalue weighted by molar-refractivity contribution is 0.0257. The van der Waals surface area contributed by atoms with Gasteiger partial charge in [0.2, 0.25) is 0 Å². The molecule has 0 bridgehead atoms. The van der Waals surface area contributed by atoms with Gasteiger partial charge in [0, 0.05) is 18.9 Å². The molecule has 0 atom stereocenters. The smallest absolute Gasteiger partial charge is 0.410 e. The van der Waals surface area contributed by atoms with Crippen molar-refractivity contribution in [3.8, 4) is 0 Å². The third-order valence-electron chi connectivity index (χ3n) is 4.45. The van der Waals surface area contributed by atoms with E-state index in [4.69, 9.17) is 4.74 Å². The highest BCUT2D eigenvalue weighted by Gasteiger charge is 2.25. The van der Waals surface area contributed by atoms with Crippen LogP contribution >= 0.6 is 15.9 Å². The van der Waals surface area contributed by atoms with Crippen LogP contribution in [-0.2, 0) is 4.74 Å². The van der Waals surface area contributed by atoms with Crippen LogP contribution < -0.4 is 0 Å². The van der Waals surface area contributed by atoms with Crippen molar-refractivity contribution < 1.29 is 9.53 Å². The molecule has 0 heterocycles. The zero-order valence-electron chi connectivity index (χ0n) is 14.9. The van der Waals surface area contributed by atoms with E-state index in [0.29, 0.717) is 5.92 Å². The van der Waals surface area contributed by atoms with Crippen molar-refractivity contribution in [2.45, 2.75) is 77.7 Å². The van der Waals surface area contributed by atoms with Crippen molar-refractivity contribution in [1.29, 1.82) is 0 Å². The Hall–Kier alpha value is -0.250. The summed E-state index contributed by atoms with van der Waals surface area (Å²) in [7, 11) is 1.86. The Balaban J connectivity index is 2.20. The van der Waals surface area contributed by atoms with Crippen molar-refractivity contribution in [2.24, 2.45) is 11.8 Å². The van der Waals surface area contributed by atoms with Crippen LogP contribution in [0.4, 0.5) is 4.79 Å². The fraction of sp³-hybridized carbons (Fsp3) is 0.944. The maximum Gasteiger partial charge on any atom is 0.410 e. The summed E-state index contributed by atoms with van der Waals surface area (Å²) in [5.74, 6) is 1.56. The Kier molecular flexibility index (Phi) is 8.81. The van der Waals surface area contributed by atoms with E-state index in [9.17, 15) is 4.79 Å². The third kappa shape index (κ3) is 8.40. The lowest BCUT2D eigenvalue weighted by Crippen LogP contribution is -2.37. The molecule has 4 heteroatoms. The van der Waals surface area contributed by atoms with E-state index in [2.05, 4.69) is 15.9 Å². The molecule has 0 aromatic carbocycles. The van der Waals surface area contributed by atoms with Crippen molar-refractivity contribution in [1.82, 2.24) is 4.90 Å². The first-order valence-corrected chi connectivity index (χ1v) is 9.94. The number of ether oxygens (including phenoxy) is 1. The Labute approximate surface area is 145 Å². The topological polar surface area (TPSA) is 29.5 Å². The number of nitrogens with zero attached hydrogens (tertiary/aromatic N) is 1. The number of amides is 1. The fourth-order valence-corrected chi connectivity index (χ4v) is 3.61. The van der Waals surface area contributed by atoms with E-state index in [0.717, 1.165) is 17.8 Å². The molecular weight excluding hydrogens is 342 g/mol. The zero-order valence-corrected chi connectivity index (χ0v) is 16.5. The molecule has 1 rings (SSSR count). The molecule has 3 nitrogen and oxygen atoms in total. The SMILES string of the molecule is CN(C[C@H]1CC[C@H](CCCCCBr)CC1)C(=O)OC(C)(C)C. The van der Waals surface area contributed by atoms with Gasteiger partial charge in [-0.15, -0.1) is 0 Å². The molecular formula is C18H34BrNO2. The maximum absolute atomic E-state index is 12.0. The van der Waals surface area contributed by atoms with Crippen molar-refractivity contribution in [2.75, 3.05) is 18.9 Å². The van der Waals surface area contributed by atoms with Crippen molar-refractivity contribution >= 4 is 22.0 Å². The molecule has 1 aliphatic carbocycles. The lowest BCUT2D eigenvalue weighted by atomic mass is 9.79. The largest absolute Gasteiger partial charge is 0.444 e. The first-order chi connectivity index (χ1) is 10.3. The predicted octanol–water partition coefficient (Wildman–Crippen LogP) is 5.62. The summed E-state index contributed by atoms with van der Waals surface area (Å²) < 4.78 is 5.42. The third-order valence-corrected chi connectivity index (χ3v) is 5.01. The van der Waals surface area contributed by atoms with Gasteiger partial charge in [-0.05, 0) is 51.9 Å². The summed E-state index contributed by atoms with van der Waals surface area (Å²) in [6.07, 6.45) is 10.4. The Bertz CT molecular complexity index is 320. The van der Waals surface area contributed by atoms with E-state index in [-0.39, 0.29) is 6.09 Å². The van der Waals surface area contributed by atoms with Gasteiger partial charge in [-0.25, -0.2) is 4.79 Å². The highest BCUT2D eigenvalue weighted by Crippen LogP contribution is 2.32. The van der Waals surface area contributed by atoms with Crippen LogP contribution in [0.25, 0.3) is 0 Å². The zero-order chi connectivity index (χ0) is 16.6. The number of unbranched alkanes of at least 4 members (excludes halogenated alkanes) is 2. The molecule has 0 aromatic rings. The van der Waals surface area contributed by atoms with E-state index < -0.39 is 5.60 Å². The standard InChI is InChI=1S/C18H34BrNO2/c1-18(2,3)22-17(21)20(4)14-16-11-9-15(10-12-16)8-6-5-7-13-19/h15-16H,5-14H2,1-4H3/t15-,16-. The van der Waals surface area contributed by atoms with Gasteiger partial charge in [0.25, 0.3) is 0 Å². The average molecular weight is 376 g/mol. The Morgan fingerprint density at radius 2 is 1.68 bits per heavy atom. The van der Waals surface area contributed by atoms with E-state index in [1.807, 2.05) is 27.8 Å². The molecule has 1 aliphatic rings. The fourth-order valence-electron chi connectivity index (χ4n) is 3.21. The first kappa shape index (κ1) is 19.8. The molecule has 0 aromatic heterocycles. The van der Waals surface area contributed by atoms with Crippen LogP contribution in [0.3, 0.4) is 0 Å². The quantitative estimate of drug-likeness (QED) is 0.427. The van der Waals surface area contributed by atoms with Crippen molar-refractivity contribution in [3.05, 3.63) is 0 Å². The van der Waals surface area contributed by atoms with E-state index in [1.54, 1.807) is 4.90 Å². The summed E-state index contributed by atoms with van der Waals surface area (Å²) in [6, 6.07) is 0. The number of hydrogen-bond acceptors (Lipinski definition) is 2. The molecule has 1 saturated carbocycles. The van der Waals surface area contributed by atoms with Crippen LogP contribution in [0.2, 0.25) is 0 Å². The normalized spacial score (nSPS) is 22.4. The van der Waals surface area contributed by atoms with Gasteiger partial charge < -0.3 is 9.64 Å².